The molecule has 0 bridgehead atoms. The quantitative estimate of drug-likeness (QED) is 0.564. The van der Waals surface area contributed by atoms with Gasteiger partial charge >= 0.3 is 0 Å². The molecule has 0 aromatic rings. The summed E-state index contributed by atoms with van der Waals surface area (Å²) < 4.78 is 5.20. The monoisotopic (exact) mass is 145 g/mol. The van der Waals surface area contributed by atoms with Crippen molar-refractivity contribution in [3.8, 4) is 0 Å². The van der Waals surface area contributed by atoms with Crippen LogP contribution in [0, 0.1) is 5.41 Å². The number of hydroxylamine groups is 1. The van der Waals surface area contributed by atoms with Crippen molar-refractivity contribution in [2.75, 3.05) is 19.8 Å². The Morgan fingerprint density at radius 3 is 2.60 bits per heavy atom. The molecule has 3 heteroatoms. The minimum atomic E-state index is 0.243. The van der Waals surface area contributed by atoms with Crippen molar-refractivity contribution in [3.05, 3.63) is 0 Å². The smallest absolute Gasteiger partial charge is 0.0471 e. The highest BCUT2D eigenvalue weighted by Crippen LogP contribution is 2.28. The van der Waals surface area contributed by atoms with Crippen LogP contribution in [0.25, 0.3) is 0 Å². The maximum absolute atomic E-state index is 8.49. The van der Waals surface area contributed by atoms with E-state index in [0.717, 1.165) is 26.1 Å². The Balaban J connectivity index is 2.32. The van der Waals surface area contributed by atoms with Gasteiger partial charge in [-0.15, -0.1) is 0 Å². The zero-order valence-corrected chi connectivity index (χ0v) is 6.39. The van der Waals surface area contributed by atoms with Crippen LogP contribution >= 0.6 is 0 Å². The number of ether oxygens (including phenoxy) is 1. The number of nitrogens with one attached hydrogen (secondary N) is 1. The third-order valence-corrected chi connectivity index (χ3v) is 2.21. The second kappa shape index (κ2) is 3.32. The van der Waals surface area contributed by atoms with Crippen molar-refractivity contribution in [2.24, 2.45) is 5.41 Å². The standard InChI is InChI=1S/C7H15NO2/c1-7(6-8-9)2-4-10-5-3-7/h8-9H,2-6H2,1H3. The second-order valence-electron chi connectivity index (χ2n) is 3.26. The molecule has 10 heavy (non-hydrogen) atoms. The summed E-state index contributed by atoms with van der Waals surface area (Å²) in [7, 11) is 0. The van der Waals surface area contributed by atoms with Crippen molar-refractivity contribution < 1.29 is 9.94 Å². The Labute approximate surface area is 61.3 Å². The predicted molar refractivity (Wildman–Crippen MR) is 37.9 cm³/mol. The van der Waals surface area contributed by atoms with E-state index in [9.17, 15) is 0 Å². The summed E-state index contributed by atoms with van der Waals surface area (Å²) >= 11 is 0. The molecule has 0 aliphatic carbocycles. The van der Waals surface area contributed by atoms with Crippen molar-refractivity contribution in [2.45, 2.75) is 19.8 Å². The summed E-state index contributed by atoms with van der Waals surface area (Å²) in [5.74, 6) is 0. The van der Waals surface area contributed by atoms with Crippen molar-refractivity contribution in [1.29, 1.82) is 0 Å². The molecule has 1 saturated heterocycles. The van der Waals surface area contributed by atoms with Crippen LogP contribution < -0.4 is 5.48 Å². The summed E-state index contributed by atoms with van der Waals surface area (Å²) in [6, 6.07) is 0. The lowest BCUT2D eigenvalue weighted by Gasteiger charge is -2.32. The molecule has 0 aromatic carbocycles. The molecule has 0 unspecified atom stereocenters. The van der Waals surface area contributed by atoms with E-state index in [4.69, 9.17) is 9.94 Å². The largest absolute Gasteiger partial charge is 0.381 e. The van der Waals surface area contributed by atoms with E-state index in [0.29, 0.717) is 6.54 Å². The van der Waals surface area contributed by atoms with Crippen LogP contribution in [0.1, 0.15) is 19.8 Å². The third kappa shape index (κ3) is 1.94. The lowest BCUT2D eigenvalue weighted by molar-refractivity contribution is 0.00475. The first kappa shape index (κ1) is 7.98. The van der Waals surface area contributed by atoms with Gasteiger partial charge in [-0.1, -0.05) is 6.92 Å². The van der Waals surface area contributed by atoms with Gasteiger partial charge < -0.3 is 9.94 Å². The van der Waals surface area contributed by atoms with Crippen LogP contribution in [-0.4, -0.2) is 25.0 Å². The molecular weight excluding hydrogens is 130 g/mol. The van der Waals surface area contributed by atoms with Crippen LogP contribution in [0.5, 0.6) is 0 Å². The van der Waals surface area contributed by atoms with Gasteiger partial charge in [0.1, 0.15) is 0 Å². The molecule has 1 heterocycles. The molecule has 0 spiro atoms. The van der Waals surface area contributed by atoms with E-state index in [1.54, 1.807) is 0 Å². The molecule has 0 amide bonds. The first-order valence-electron chi connectivity index (χ1n) is 3.72. The molecule has 60 valence electrons. The van der Waals surface area contributed by atoms with E-state index in [1.165, 1.54) is 0 Å². The zero-order valence-electron chi connectivity index (χ0n) is 6.39. The maximum Gasteiger partial charge on any atom is 0.0471 e. The molecule has 0 radical (unpaired) electrons. The Morgan fingerprint density at radius 1 is 1.50 bits per heavy atom. The molecule has 1 aliphatic rings. The predicted octanol–water partition coefficient (Wildman–Crippen LogP) is 0.782. The van der Waals surface area contributed by atoms with Gasteiger partial charge in [-0.3, -0.25) is 0 Å². The second-order valence-corrected chi connectivity index (χ2v) is 3.26. The third-order valence-electron chi connectivity index (χ3n) is 2.21. The summed E-state index contributed by atoms with van der Waals surface area (Å²) in [5, 5.41) is 8.49. The Hall–Kier alpha value is -0.120. The fourth-order valence-electron chi connectivity index (χ4n) is 1.23. The molecule has 0 saturated carbocycles. The van der Waals surface area contributed by atoms with Gasteiger partial charge in [0.2, 0.25) is 0 Å². The molecule has 0 atom stereocenters. The van der Waals surface area contributed by atoms with Crippen LogP contribution in [0.15, 0.2) is 0 Å². The van der Waals surface area contributed by atoms with Crippen LogP contribution in [-0.2, 0) is 4.74 Å². The lowest BCUT2D eigenvalue weighted by Crippen LogP contribution is -2.35. The number of rotatable bonds is 2. The lowest BCUT2D eigenvalue weighted by atomic mass is 9.83. The number of hydrogen-bond donors (Lipinski definition) is 2. The Kier molecular flexibility index (Phi) is 2.65. The summed E-state index contributed by atoms with van der Waals surface area (Å²) in [5.41, 5.74) is 2.47. The van der Waals surface area contributed by atoms with Gasteiger partial charge in [-0.25, -0.2) is 5.48 Å². The van der Waals surface area contributed by atoms with E-state index in [2.05, 4.69) is 12.4 Å². The SMILES string of the molecule is CC1(CNO)CCOCC1. The minimum absolute atomic E-state index is 0.243. The summed E-state index contributed by atoms with van der Waals surface area (Å²) in [6.45, 7) is 4.51. The highest BCUT2D eigenvalue weighted by atomic mass is 16.5. The highest BCUT2D eigenvalue weighted by Gasteiger charge is 2.26. The van der Waals surface area contributed by atoms with Crippen molar-refractivity contribution in [1.82, 2.24) is 5.48 Å². The summed E-state index contributed by atoms with van der Waals surface area (Å²) in [6.07, 6.45) is 2.08. The average Bonchev–Trinajstić information content (AvgIpc) is 1.89. The van der Waals surface area contributed by atoms with Crippen molar-refractivity contribution in [3.63, 3.8) is 0 Å². The van der Waals surface area contributed by atoms with Gasteiger partial charge in [-0.2, -0.15) is 0 Å². The van der Waals surface area contributed by atoms with E-state index in [1.807, 2.05) is 0 Å². The molecular formula is C7H15NO2. The number of hydrogen-bond acceptors (Lipinski definition) is 3. The molecule has 2 N–H and O–H groups in total. The molecule has 3 nitrogen and oxygen atoms in total. The van der Waals surface area contributed by atoms with Crippen LogP contribution in [0.4, 0.5) is 0 Å². The minimum Gasteiger partial charge on any atom is -0.381 e. The molecule has 0 aromatic heterocycles. The van der Waals surface area contributed by atoms with Gasteiger partial charge in [0.15, 0.2) is 0 Å². The highest BCUT2D eigenvalue weighted by molar-refractivity contribution is 4.77. The first-order chi connectivity index (χ1) is 4.77. The van der Waals surface area contributed by atoms with Gasteiger partial charge in [0, 0.05) is 19.8 Å². The molecule has 1 rings (SSSR count). The topological polar surface area (TPSA) is 41.5 Å². The fraction of sp³-hybridized carbons (Fsp3) is 1.00. The first-order valence-corrected chi connectivity index (χ1v) is 3.72. The van der Waals surface area contributed by atoms with E-state index >= 15 is 0 Å². The Bertz CT molecular complexity index is 94.3. The summed E-state index contributed by atoms with van der Waals surface area (Å²) in [4.78, 5) is 0. The molecule has 1 aliphatic heterocycles. The van der Waals surface area contributed by atoms with E-state index < -0.39 is 0 Å². The van der Waals surface area contributed by atoms with E-state index in [-0.39, 0.29) is 5.41 Å². The van der Waals surface area contributed by atoms with Gasteiger partial charge in [0.25, 0.3) is 0 Å². The zero-order chi connectivity index (χ0) is 7.45. The molecule has 1 fully saturated rings. The van der Waals surface area contributed by atoms with Gasteiger partial charge in [0.05, 0.1) is 0 Å². The average molecular weight is 145 g/mol. The van der Waals surface area contributed by atoms with Crippen molar-refractivity contribution >= 4 is 0 Å². The van der Waals surface area contributed by atoms with Crippen LogP contribution in [0.3, 0.4) is 0 Å². The van der Waals surface area contributed by atoms with Gasteiger partial charge in [-0.05, 0) is 18.3 Å². The van der Waals surface area contributed by atoms with Crippen LogP contribution in [0.2, 0.25) is 0 Å². The normalized spacial score (nSPS) is 24.6. The fourth-order valence-corrected chi connectivity index (χ4v) is 1.23. The Morgan fingerprint density at radius 2 is 2.10 bits per heavy atom. The maximum atomic E-state index is 8.49.